The molecule has 0 heterocycles. The number of halogens is 1. The Morgan fingerprint density at radius 2 is 1.17 bits per heavy atom. The van der Waals surface area contributed by atoms with Crippen molar-refractivity contribution < 1.29 is 0 Å². The van der Waals surface area contributed by atoms with Crippen LogP contribution in [0.1, 0.15) is 26.7 Å². The number of hydrogen-bond acceptors (Lipinski definition) is 0. The third kappa shape index (κ3) is 18.7. The molecule has 6 heavy (non-hydrogen) atoms. The molecule has 2 heteroatoms. The lowest BCUT2D eigenvalue weighted by atomic mass is 10.4. The van der Waals surface area contributed by atoms with E-state index < -0.39 is 0 Å². The molecule has 0 spiro atoms. The molecule has 0 bridgehead atoms. The van der Waals surface area contributed by atoms with Gasteiger partial charge >= 0.3 is 23.1 Å². The minimum absolute atomic E-state index is 0. The minimum atomic E-state index is 0. The number of unbranched alkanes of at least 4 members (excludes halogenated alkanes) is 1. The lowest BCUT2D eigenvalue weighted by molar-refractivity contribution is 0.886. The topological polar surface area (TPSA) is 0 Å². The summed E-state index contributed by atoms with van der Waals surface area (Å²) in [7, 11) is 0. The van der Waals surface area contributed by atoms with Gasteiger partial charge in [0.1, 0.15) is 0 Å². The van der Waals surface area contributed by atoms with Crippen LogP contribution in [0.5, 0.6) is 0 Å². The molecule has 0 N–H and O–H groups in total. The van der Waals surface area contributed by atoms with Crippen molar-refractivity contribution in [3.8, 4) is 0 Å². The molecule has 0 aromatic rings. The van der Waals surface area contributed by atoms with E-state index in [-0.39, 0.29) is 40.0 Å². The monoisotopic (exact) mass is 164 g/mol. The Morgan fingerprint density at radius 3 is 1.17 bits per heavy atom. The summed E-state index contributed by atoms with van der Waals surface area (Å²) in [5.74, 6) is 0. The van der Waals surface area contributed by atoms with Crippen molar-refractivity contribution in [3.63, 3.8) is 0 Å². The van der Waals surface area contributed by atoms with E-state index in [1.807, 2.05) is 0 Å². The summed E-state index contributed by atoms with van der Waals surface area (Å²) in [6, 6.07) is 0. The van der Waals surface area contributed by atoms with Crippen molar-refractivity contribution in [2.24, 2.45) is 0 Å². The van der Waals surface area contributed by atoms with Gasteiger partial charge in [0.05, 0.1) is 0 Å². The maximum atomic E-state index is 2.18. The molecular weight excluding hydrogens is 152 g/mol. The second kappa shape index (κ2) is 16.3. The van der Waals surface area contributed by atoms with Gasteiger partial charge in [0, 0.05) is 0 Å². The molecule has 0 unspecified atom stereocenters. The molecule has 0 aliphatic rings. The Bertz CT molecular complexity index is 9.51. The van der Waals surface area contributed by atoms with E-state index in [4.69, 9.17) is 0 Å². The summed E-state index contributed by atoms with van der Waals surface area (Å²) in [5, 5.41) is 0. The summed E-state index contributed by atoms with van der Waals surface area (Å²) in [6.07, 6.45) is 2.64. The molecule has 38 valence electrons. The maximum Gasteiger partial charge on any atom is 0.316 e. The third-order valence-electron chi connectivity index (χ3n) is 0.500. The molecule has 0 fully saturated rings. The van der Waals surface area contributed by atoms with Gasteiger partial charge in [-0.1, -0.05) is 26.7 Å². The highest BCUT2D eigenvalue weighted by Crippen LogP contribution is 1.76. The van der Waals surface area contributed by atoms with Crippen molar-refractivity contribution in [2.45, 2.75) is 26.7 Å². The quantitative estimate of drug-likeness (QED) is 0.516. The average Bonchev–Trinajstić information content (AvgIpc) is 1.37. The molecule has 0 aliphatic heterocycles. The highest BCUT2D eigenvalue weighted by atomic mass is 79.9. The average molecular weight is 165 g/mol. The summed E-state index contributed by atoms with van der Waals surface area (Å²) in [5.41, 5.74) is 0. The Morgan fingerprint density at radius 1 is 1.00 bits per heavy atom. The van der Waals surface area contributed by atoms with E-state index in [1.165, 1.54) is 12.8 Å². The van der Waals surface area contributed by atoms with Crippen molar-refractivity contribution in [2.75, 3.05) is 0 Å². The van der Waals surface area contributed by atoms with E-state index in [9.17, 15) is 0 Å². The molecular formula is C4H13BrMg. The largest absolute Gasteiger partial charge is 0.316 e. The highest BCUT2D eigenvalue weighted by molar-refractivity contribution is 8.93. The fourth-order valence-electron chi connectivity index (χ4n) is 0. The molecule has 0 aliphatic carbocycles. The predicted octanol–water partition coefficient (Wildman–Crippen LogP) is 1.47. The van der Waals surface area contributed by atoms with Gasteiger partial charge in [0.2, 0.25) is 0 Å². The Labute approximate surface area is 66.6 Å². The van der Waals surface area contributed by atoms with Crippen molar-refractivity contribution in [1.82, 2.24) is 0 Å². The molecule has 0 amide bonds. The fourth-order valence-corrected chi connectivity index (χ4v) is 0. The van der Waals surface area contributed by atoms with Gasteiger partial charge in [0.15, 0.2) is 0 Å². The van der Waals surface area contributed by atoms with Gasteiger partial charge < -0.3 is 0 Å². The van der Waals surface area contributed by atoms with Crippen molar-refractivity contribution in [1.29, 1.82) is 0 Å². The van der Waals surface area contributed by atoms with Crippen LogP contribution >= 0.6 is 17.0 Å². The van der Waals surface area contributed by atoms with Crippen LogP contribution in [0.2, 0.25) is 0 Å². The van der Waals surface area contributed by atoms with Crippen LogP contribution in [0.4, 0.5) is 0 Å². The second-order valence-corrected chi connectivity index (χ2v) is 1.000. The van der Waals surface area contributed by atoms with Gasteiger partial charge in [-0.3, -0.25) is 0 Å². The third-order valence-corrected chi connectivity index (χ3v) is 0.500. The van der Waals surface area contributed by atoms with E-state index in [0.29, 0.717) is 0 Å². The van der Waals surface area contributed by atoms with Crippen LogP contribution < -0.4 is 0 Å². The van der Waals surface area contributed by atoms with Crippen LogP contribution in [0.3, 0.4) is 0 Å². The van der Waals surface area contributed by atoms with Gasteiger partial charge in [-0.15, -0.1) is 17.0 Å². The molecule has 0 saturated carbocycles. The maximum absolute atomic E-state index is 2.18. The van der Waals surface area contributed by atoms with Gasteiger partial charge in [-0.05, 0) is 0 Å². The molecule has 0 radical (unpaired) electrons. The first-order valence-electron chi connectivity index (χ1n) is 1.91. The summed E-state index contributed by atoms with van der Waals surface area (Å²) >= 11 is 0. The van der Waals surface area contributed by atoms with Crippen LogP contribution in [-0.4, -0.2) is 23.1 Å². The van der Waals surface area contributed by atoms with Crippen LogP contribution in [0.15, 0.2) is 0 Å². The van der Waals surface area contributed by atoms with Crippen LogP contribution in [-0.2, 0) is 0 Å². The normalized spacial score (nSPS) is 5.00. The highest BCUT2D eigenvalue weighted by Gasteiger charge is 1.56. The van der Waals surface area contributed by atoms with E-state index in [0.717, 1.165) is 0 Å². The fraction of sp³-hybridized carbons (Fsp3) is 1.00. The number of hydrogen-bond donors (Lipinski definition) is 0. The zero-order chi connectivity index (χ0) is 3.41. The molecule has 0 atom stereocenters. The summed E-state index contributed by atoms with van der Waals surface area (Å²) in [6.45, 7) is 4.36. The first-order chi connectivity index (χ1) is 1.91. The standard InChI is InChI=1S/C4H10.BrH.Mg.2H/c1-3-4-2;;;;/h3-4H2,1-2H3;1H;;;. The molecule has 0 nitrogen and oxygen atoms in total. The Kier molecular flexibility index (Phi) is 42.6. The summed E-state index contributed by atoms with van der Waals surface area (Å²) in [4.78, 5) is 0. The minimum Gasteiger partial charge on any atom is -0.114 e. The van der Waals surface area contributed by atoms with Crippen molar-refractivity contribution in [3.05, 3.63) is 0 Å². The SMILES string of the molecule is Br.CCCC.[MgH2]. The second-order valence-electron chi connectivity index (χ2n) is 1.000. The summed E-state index contributed by atoms with van der Waals surface area (Å²) < 4.78 is 0. The first-order valence-corrected chi connectivity index (χ1v) is 1.91. The van der Waals surface area contributed by atoms with Gasteiger partial charge in [-0.25, -0.2) is 0 Å². The van der Waals surface area contributed by atoms with E-state index >= 15 is 0 Å². The van der Waals surface area contributed by atoms with Crippen LogP contribution in [0.25, 0.3) is 0 Å². The molecule has 0 aromatic carbocycles. The molecule has 0 rings (SSSR count). The lowest BCUT2D eigenvalue weighted by Gasteiger charge is -1.68. The van der Waals surface area contributed by atoms with Crippen molar-refractivity contribution >= 4 is 40.0 Å². The molecule has 0 saturated heterocycles. The molecule has 0 aromatic heterocycles. The number of rotatable bonds is 1. The van der Waals surface area contributed by atoms with Gasteiger partial charge in [-0.2, -0.15) is 0 Å². The first kappa shape index (κ1) is 15.7. The zero-order valence-electron chi connectivity index (χ0n) is 3.82. The lowest BCUT2D eigenvalue weighted by Crippen LogP contribution is -1.47. The smallest absolute Gasteiger partial charge is 0.114 e. The Hall–Kier alpha value is 1.25. The van der Waals surface area contributed by atoms with Gasteiger partial charge in [0.25, 0.3) is 0 Å². The van der Waals surface area contributed by atoms with E-state index in [2.05, 4.69) is 13.8 Å². The predicted molar refractivity (Wildman–Crippen MR) is 39.4 cm³/mol. The zero-order valence-corrected chi connectivity index (χ0v) is 5.54. The Balaban J connectivity index is -0.0000000450. The van der Waals surface area contributed by atoms with E-state index in [1.54, 1.807) is 0 Å². The van der Waals surface area contributed by atoms with Crippen LogP contribution in [0, 0.1) is 0 Å².